The average Bonchev–Trinajstić information content (AvgIpc) is 2.71. The van der Waals surface area contributed by atoms with Crippen LogP contribution in [0.5, 0.6) is 0 Å². The van der Waals surface area contributed by atoms with Gasteiger partial charge >= 0.3 is 0 Å². The van der Waals surface area contributed by atoms with Gasteiger partial charge in [0.25, 0.3) is 0 Å². The first-order valence-electron chi connectivity index (χ1n) is 8.78. The summed E-state index contributed by atoms with van der Waals surface area (Å²) in [4.78, 5) is 32.9. The summed E-state index contributed by atoms with van der Waals surface area (Å²) in [5, 5.41) is 0. The van der Waals surface area contributed by atoms with Crippen molar-refractivity contribution in [3.63, 3.8) is 0 Å². The largest absolute Gasteiger partial charge is 0.353 e. The van der Waals surface area contributed by atoms with Crippen molar-refractivity contribution in [2.75, 3.05) is 0 Å². The third-order valence-corrected chi connectivity index (χ3v) is 7.23. The van der Waals surface area contributed by atoms with Crippen molar-refractivity contribution in [2.24, 2.45) is 0 Å². The maximum atomic E-state index is 13.1. The molecule has 4 nitrogen and oxygen atoms in total. The smallest absolute Gasteiger partial charge is 0.190 e. The first kappa shape index (κ1) is 15.8. The van der Waals surface area contributed by atoms with Crippen molar-refractivity contribution >= 4 is 63.5 Å². The molecule has 0 bridgehead atoms. The minimum atomic E-state index is -0.135. The van der Waals surface area contributed by atoms with Crippen molar-refractivity contribution in [3.05, 3.63) is 81.1 Å². The minimum Gasteiger partial charge on any atom is -0.353 e. The van der Waals surface area contributed by atoms with Crippen molar-refractivity contribution in [1.29, 1.82) is 0 Å². The summed E-state index contributed by atoms with van der Waals surface area (Å²) in [5.41, 5.74) is 3.97. The zero-order chi connectivity index (χ0) is 18.8. The van der Waals surface area contributed by atoms with E-state index in [1.165, 1.54) is 22.7 Å². The van der Waals surface area contributed by atoms with Gasteiger partial charge < -0.3 is 9.97 Å². The Morgan fingerprint density at radius 2 is 1.00 bits per heavy atom. The van der Waals surface area contributed by atoms with Gasteiger partial charge in [-0.1, -0.05) is 24.3 Å². The van der Waals surface area contributed by atoms with Crippen LogP contribution in [0.4, 0.5) is 0 Å². The van der Waals surface area contributed by atoms with Crippen LogP contribution in [0.15, 0.2) is 70.3 Å². The molecule has 0 spiro atoms. The highest BCUT2D eigenvalue weighted by atomic mass is 32.1. The van der Waals surface area contributed by atoms with Gasteiger partial charge in [-0.15, -0.1) is 22.7 Å². The van der Waals surface area contributed by atoms with Gasteiger partial charge in [0, 0.05) is 12.1 Å². The molecule has 0 radical (unpaired) electrons. The second kappa shape index (κ2) is 5.64. The lowest BCUT2D eigenvalue weighted by molar-refractivity contribution is 1.45. The van der Waals surface area contributed by atoms with E-state index >= 15 is 0 Å². The lowest BCUT2D eigenvalue weighted by atomic mass is 10.00. The third kappa shape index (κ3) is 2.16. The van der Waals surface area contributed by atoms with Gasteiger partial charge in [0.15, 0.2) is 10.9 Å². The molecule has 0 atom stereocenters. The Morgan fingerprint density at radius 1 is 0.571 bits per heavy atom. The molecular weight excluding hydrogens is 388 g/mol. The van der Waals surface area contributed by atoms with Crippen LogP contribution < -0.4 is 10.9 Å². The Balaban J connectivity index is 1.88. The van der Waals surface area contributed by atoms with Crippen molar-refractivity contribution in [1.82, 2.24) is 9.97 Å². The topological polar surface area (TPSA) is 65.7 Å². The average molecular weight is 400 g/mol. The molecule has 6 rings (SSSR count). The number of hydrogen-bond acceptors (Lipinski definition) is 4. The summed E-state index contributed by atoms with van der Waals surface area (Å²) < 4.78 is 3.66. The molecule has 2 heterocycles. The van der Waals surface area contributed by atoms with Gasteiger partial charge in [-0.25, -0.2) is 0 Å². The van der Waals surface area contributed by atoms with Gasteiger partial charge in [0.2, 0.25) is 0 Å². The van der Waals surface area contributed by atoms with E-state index in [1.807, 2.05) is 48.5 Å². The molecule has 0 unspecified atom stereocenters. The van der Waals surface area contributed by atoms with E-state index in [1.54, 1.807) is 12.1 Å². The Labute approximate surface area is 165 Å². The molecule has 0 aliphatic heterocycles. The zero-order valence-corrected chi connectivity index (χ0v) is 16.0. The van der Waals surface area contributed by atoms with Crippen LogP contribution in [-0.4, -0.2) is 9.97 Å². The van der Waals surface area contributed by atoms with Crippen LogP contribution in [0.2, 0.25) is 0 Å². The fourth-order valence-corrected chi connectivity index (χ4v) is 5.82. The predicted octanol–water partition coefficient (Wildman–Crippen LogP) is 5.47. The van der Waals surface area contributed by atoms with Crippen LogP contribution in [0.25, 0.3) is 52.0 Å². The summed E-state index contributed by atoms with van der Waals surface area (Å²) in [6.45, 7) is 0. The molecule has 2 aromatic carbocycles. The Morgan fingerprint density at radius 3 is 1.46 bits per heavy atom. The van der Waals surface area contributed by atoms with E-state index in [-0.39, 0.29) is 10.9 Å². The van der Waals surface area contributed by atoms with E-state index in [0.29, 0.717) is 11.1 Å². The molecular formula is C22H12N2O2S2. The summed E-state index contributed by atoms with van der Waals surface area (Å²) >= 11 is 3.04. The van der Waals surface area contributed by atoms with Gasteiger partial charge in [-0.3, -0.25) is 9.59 Å². The molecule has 6 heteroatoms. The molecule has 134 valence electrons. The summed E-state index contributed by atoms with van der Waals surface area (Å²) in [7, 11) is 0. The minimum absolute atomic E-state index is 0.135. The number of nitrogens with one attached hydrogen (secondary N) is 2. The fourth-order valence-electron chi connectivity index (χ4n) is 3.75. The van der Waals surface area contributed by atoms with Gasteiger partial charge in [0.1, 0.15) is 0 Å². The first-order chi connectivity index (χ1) is 13.7. The second-order valence-corrected chi connectivity index (χ2v) is 8.86. The standard InChI is InChI=1S/C22H12N2O2S2/c25-13-10-18-22(24-12-6-2-4-8-16(12)28-18)20-14(26)9-17-21(19(13)20)23-11-5-1-3-7-15(11)27-17/h1-10,23-24H. The number of hydrogen-bond donors (Lipinski definition) is 2. The fraction of sp³-hybridized carbons (Fsp3) is 0. The van der Waals surface area contributed by atoms with Crippen LogP contribution in [0, 0.1) is 0 Å². The monoisotopic (exact) mass is 400 g/mol. The van der Waals surface area contributed by atoms with E-state index in [0.717, 1.165) is 40.9 Å². The molecule has 28 heavy (non-hydrogen) atoms. The molecule has 2 aliphatic rings. The van der Waals surface area contributed by atoms with Crippen LogP contribution >= 0.6 is 22.7 Å². The Kier molecular flexibility index (Phi) is 3.18. The van der Waals surface area contributed by atoms with Crippen LogP contribution in [0.3, 0.4) is 0 Å². The lowest BCUT2D eigenvalue weighted by Gasteiger charge is -2.12. The number of rotatable bonds is 0. The molecule has 0 saturated heterocycles. The van der Waals surface area contributed by atoms with Crippen molar-refractivity contribution in [3.8, 4) is 11.1 Å². The quantitative estimate of drug-likeness (QED) is 0.262. The highest BCUT2D eigenvalue weighted by Gasteiger charge is 2.21. The molecule has 4 aromatic rings. The number of aromatic nitrogens is 2. The lowest BCUT2D eigenvalue weighted by Crippen LogP contribution is -2.15. The zero-order valence-electron chi connectivity index (χ0n) is 14.4. The predicted molar refractivity (Wildman–Crippen MR) is 119 cm³/mol. The molecule has 2 aromatic heterocycles. The van der Waals surface area contributed by atoms with Gasteiger partial charge in [-0.2, -0.15) is 0 Å². The molecule has 0 saturated carbocycles. The Bertz CT molecular complexity index is 1540. The van der Waals surface area contributed by atoms with Crippen molar-refractivity contribution < 1.29 is 0 Å². The molecule has 0 amide bonds. The van der Waals surface area contributed by atoms with Crippen LogP contribution in [-0.2, 0) is 0 Å². The summed E-state index contributed by atoms with van der Waals surface area (Å²) in [6.07, 6.45) is 0. The maximum Gasteiger partial charge on any atom is 0.190 e. The first-order valence-corrected chi connectivity index (χ1v) is 10.4. The highest BCUT2D eigenvalue weighted by Crippen LogP contribution is 2.35. The number of fused-ring (bicyclic) bond motifs is 7. The van der Waals surface area contributed by atoms with Crippen molar-refractivity contribution in [2.45, 2.75) is 0 Å². The van der Waals surface area contributed by atoms with Gasteiger partial charge in [0.05, 0.1) is 52.0 Å². The van der Waals surface area contributed by atoms with E-state index in [2.05, 4.69) is 9.97 Å². The van der Waals surface area contributed by atoms with E-state index in [4.69, 9.17) is 0 Å². The normalized spacial score (nSPS) is 11.9. The van der Waals surface area contributed by atoms with Gasteiger partial charge in [-0.05, 0) is 24.3 Å². The maximum absolute atomic E-state index is 13.1. The third-order valence-electron chi connectivity index (χ3n) is 4.99. The molecule has 2 N–H and O–H groups in total. The van der Waals surface area contributed by atoms with E-state index < -0.39 is 0 Å². The SMILES string of the molecule is O=c1cc2sc3ccccc3[nH]c2c2c(=O)cc3sc4ccccc4[nH]c3c1-2. The number of H-pyrrole nitrogens is 2. The highest BCUT2D eigenvalue weighted by molar-refractivity contribution is 7.25. The number of aromatic amines is 2. The summed E-state index contributed by atoms with van der Waals surface area (Å²) in [5.74, 6) is 0. The van der Waals surface area contributed by atoms with E-state index in [9.17, 15) is 9.59 Å². The number of benzene rings is 4. The summed E-state index contributed by atoms with van der Waals surface area (Å²) in [6, 6.07) is 19.1. The van der Waals surface area contributed by atoms with Crippen LogP contribution in [0.1, 0.15) is 0 Å². The Hall–Kier alpha value is -3.22. The molecule has 2 aliphatic carbocycles. The second-order valence-electron chi connectivity index (χ2n) is 6.69. The number of para-hydroxylation sites is 2. The molecule has 0 fully saturated rings.